The summed E-state index contributed by atoms with van der Waals surface area (Å²) in [5.41, 5.74) is 1.66. The quantitative estimate of drug-likeness (QED) is 0.0452. The molecule has 0 aliphatic heterocycles. The summed E-state index contributed by atoms with van der Waals surface area (Å²) in [5, 5.41) is 39.9. The van der Waals surface area contributed by atoms with Gasteiger partial charge in [-0.3, -0.25) is 14.4 Å². The molecule has 58 heavy (non-hydrogen) atoms. The molecule has 0 radical (unpaired) electrons. The van der Waals surface area contributed by atoms with Gasteiger partial charge >= 0.3 is 5.97 Å². The van der Waals surface area contributed by atoms with Crippen molar-refractivity contribution in [1.82, 2.24) is 16.0 Å². The molecule has 326 valence electrons. The van der Waals surface area contributed by atoms with E-state index >= 15 is 0 Å². The van der Waals surface area contributed by atoms with Crippen LogP contribution in [0.5, 0.6) is 0 Å². The molecule has 0 saturated heterocycles. The first-order valence-electron chi connectivity index (χ1n) is 21.5. The van der Waals surface area contributed by atoms with Crippen molar-refractivity contribution in [3.8, 4) is 0 Å². The molecule has 12 nitrogen and oxygen atoms in total. The highest BCUT2D eigenvalue weighted by atomic mass is 16.5. The zero-order chi connectivity index (χ0) is 42.9. The van der Waals surface area contributed by atoms with Crippen LogP contribution in [-0.2, 0) is 41.9 Å². The third-order valence-electron chi connectivity index (χ3n) is 10.8. The lowest BCUT2D eigenvalue weighted by atomic mass is 9.86. The Kier molecular flexibility index (Phi) is 24.8. The van der Waals surface area contributed by atoms with E-state index in [-0.39, 0.29) is 19.8 Å². The number of aliphatic hydroxyl groups is 2. The van der Waals surface area contributed by atoms with Gasteiger partial charge in [0, 0.05) is 5.92 Å². The van der Waals surface area contributed by atoms with Crippen molar-refractivity contribution in [2.24, 2.45) is 17.8 Å². The van der Waals surface area contributed by atoms with Gasteiger partial charge in [-0.15, -0.1) is 0 Å². The predicted octanol–water partition coefficient (Wildman–Crippen LogP) is 6.70. The van der Waals surface area contributed by atoms with Crippen LogP contribution in [-0.4, -0.2) is 82.1 Å². The Morgan fingerprint density at radius 3 is 1.62 bits per heavy atom. The number of nitrogens with one attached hydrogen (secondary N) is 3. The predicted molar refractivity (Wildman–Crippen MR) is 226 cm³/mol. The number of carboxylic acids is 1. The summed E-state index contributed by atoms with van der Waals surface area (Å²) >= 11 is 0. The molecule has 0 aromatic heterocycles. The average Bonchev–Trinajstić information content (AvgIpc) is 3.21. The lowest BCUT2D eigenvalue weighted by molar-refractivity contribution is -0.145. The number of carboxylic acid groups (broad SMARTS) is 1. The zero-order valence-electron chi connectivity index (χ0n) is 35.9. The molecule has 0 fully saturated rings. The summed E-state index contributed by atoms with van der Waals surface area (Å²) < 4.78 is 11.6. The molecular formula is C46H73N3O9. The maximum absolute atomic E-state index is 13.9. The van der Waals surface area contributed by atoms with Crippen LogP contribution in [0, 0.1) is 17.8 Å². The Labute approximate surface area is 347 Å². The summed E-state index contributed by atoms with van der Waals surface area (Å²) in [6.45, 7) is 10.5. The molecule has 0 heterocycles. The van der Waals surface area contributed by atoms with Gasteiger partial charge in [0.25, 0.3) is 0 Å². The number of aliphatic hydroxyl groups excluding tert-OH is 2. The average molecular weight is 812 g/mol. The number of carbonyl (C=O) groups excluding carboxylic acids is 3. The zero-order valence-corrected chi connectivity index (χ0v) is 35.9. The maximum atomic E-state index is 13.9. The van der Waals surface area contributed by atoms with Gasteiger partial charge in [-0.2, -0.15) is 0 Å². The minimum absolute atomic E-state index is 0.118. The summed E-state index contributed by atoms with van der Waals surface area (Å²) in [5.74, 6) is -5.34. The van der Waals surface area contributed by atoms with Crippen LogP contribution in [0.2, 0.25) is 0 Å². The fraction of sp³-hybridized carbons (Fsp3) is 0.652. The molecule has 2 aromatic carbocycles. The number of rotatable bonds is 31. The van der Waals surface area contributed by atoms with Gasteiger partial charge in [-0.1, -0.05) is 166 Å². The number of aliphatic carboxylic acids is 1. The molecule has 2 rings (SSSR count). The summed E-state index contributed by atoms with van der Waals surface area (Å²) in [4.78, 5) is 53.3. The monoisotopic (exact) mass is 812 g/mol. The van der Waals surface area contributed by atoms with Crippen LogP contribution in [0.1, 0.15) is 130 Å². The Hall–Kier alpha value is -3.84. The number of hydrogen-bond acceptors (Lipinski definition) is 8. The molecule has 0 spiro atoms. The second-order valence-corrected chi connectivity index (χ2v) is 16.1. The first kappa shape index (κ1) is 50.3. The number of ether oxygens (including phenoxy) is 2. The standard InChI is InChI=1S/C46H73N3O9/c1-7-8-9-10-11-12-13-14-15-16-23-28-39(50)33(4)42(51)34(5)43(52)48-40(32(2)3)44(53)49-41(35(6)58-30-37-26-21-18-22-27-37)45(54)47-38(46(55)56)31-57-29-36-24-19-17-20-25-36/h17-22,24-27,32-35,38-42,50-51H,7-16,23,28-31H2,1-6H3,(H,47,54)(H,48,52)(H,49,53)(H,55,56)/t33-,34+,35-,38-,39+,40-,41-,42+/m0/s1. The van der Waals surface area contributed by atoms with Gasteiger partial charge in [0.05, 0.1) is 44.1 Å². The molecule has 6 N–H and O–H groups in total. The molecule has 2 aromatic rings. The van der Waals surface area contributed by atoms with Gasteiger partial charge in [0.2, 0.25) is 17.7 Å². The van der Waals surface area contributed by atoms with E-state index in [4.69, 9.17) is 9.47 Å². The smallest absolute Gasteiger partial charge is 0.328 e. The Morgan fingerprint density at radius 2 is 1.10 bits per heavy atom. The lowest BCUT2D eigenvalue weighted by Gasteiger charge is -2.31. The highest BCUT2D eigenvalue weighted by molar-refractivity contribution is 5.94. The van der Waals surface area contributed by atoms with Crippen LogP contribution in [0.25, 0.3) is 0 Å². The molecular weight excluding hydrogens is 739 g/mol. The van der Waals surface area contributed by atoms with Crippen LogP contribution >= 0.6 is 0 Å². The largest absolute Gasteiger partial charge is 0.480 e. The third-order valence-corrected chi connectivity index (χ3v) is 10.8. The molecule has 8 atom stereocenters. The first-order chi connectivity index (χ1) is 27.8. The summed E-state index contributed by atoms with van der Waals surface area (Å²) in [7, 11) is 0. The molecule has 0 aliphatic carbocycles. The molecule has 3 amide bonds. The number of amides is 3. The van der Waals surface area contributed by atoms with Crippen LogP contribution < -0.4 is 16.0 Å². The van der Waals surface area contributed by atoms with Gasteiger partial charge in [-0.25, -0.2) is 4.79 Å². The molecule has 12 heteroatoms. The van der Waals surface area contributed by atoms with Crippen molar-refractivity contribution in [2.45, 2.75) is 168 Å². The summed E-state index contributed by atoms with van der Waals surface area (Å²) in [6, 6.07) is 14.6. The molecule has 0 bridgehead atoms. The van der Waals surface area contributed by atoms with Crippen molar-refractivity contribution in [3.63, 3.8) is 0 Å². The van der Waals surface area contributed by atoms with Crippen molar-refractivity contribution in [2.75, 3.05) is 6.61 Å². The molecule has 0 saturated carbocycles. The Balaban J connectivity index is 2.02. The van der Waals surface area contributed by atoms with Gasteiger partial charge < -0.3 is 40.7 Å². The van der Waals surface area contributed by atoms with E-state index in [2.05, 4.69) is 22.9 Å². The number of unbranched alkanes of at least 4 members (excludes halogenated alkanes) is 10. The Bertz CT molecular complexity index is 1440. The second kappa shape index (κ2) is 28.6. The second-order valence-electron chi connectivity index (χ2n) is 16.1. The van der Waals surface area contributed by atoms with Gasteiger partial charge in [-0.05, 0) is 30.4 Å². The lowest BCUT2D eigenvalue weighted by Crippen LogP contribution is -2.61. The summed E-state index contributed by atoms with van der Waals surface area (Å²) in [6.07, 6.45) is 10.8. The van der Waals surface area contributed by atoms with E-state index in [1.54, 1.807) is 34.6 Å². The van der Waals surface area contributed by atoms with E-state index in [9.17, 15) is 34.5 Å². The van der Waals surface area contributed by atoms with Gasteiger partial charge in [0.15, 0.2) is 6.04 Å². The van der Waals surface area contributed by atoms with E-state index in [0.717, 1.165) is 30.4 Å². The van der Waals surface area contributed by atoms with E-state index in [1.807, 2.05) is 60.7 Å². The third kappa shape index (κ3) is 19.3. The van der Waals surface area contributed by atoms with Crippen LogP contribution in [0.4, 0.5) is 0 Å². The fourth-order valence-electron chi connectivity index (χ4n) is 6.78. The fourth-order valence-corrected chi connectivity index (χ4v) is 6.78. The van der Waals surface area contributed by atoms with Crippen molar-refractivity contribution in [3.05, 3.63) is 71.8 Å². The highest BCUT2D eigenvalue weighted by Gasteiger charge is 2.37. The van der Waals surface area contributed by atoms with Crippen LogP contribution in [0.15, 0.2) is 60.7 Å². The molecule has 0 aliphatic rings. The van der Waals surface area contributed by atoms with Crippen molar-refractivity contribution in [1.29, 1.82) is 0 Å². The van der Waals surface area contributed by atoms with Crippen molar-refractivity contribution >= 4 is 23.7 Å². The highest BCUT2D eigenvalue weighted by Crippen LogP contribution is 2.22. The van der Waals surface area contributed by atoms with Crippen LogP contribution in [0.3, 0.4) is 0 Å². The minimum atomic E-state index is -1.42. The van der Waals surface area contributed by atoms with E-state index in [0.29, 0.717) is 6.42 Å². The maximum Gasteiger partial charge on any atom is 0.328 e. The Morgan fingerprint density at radius 1 is 0.621 bits per heavy atom. The number of hydrogen-bond donors (Lipinski definition) is 6. The number of carbonyl (C=O) groups is 4. The normalized spacial score (nSPS) is 15.7. The van der Waals surface area contributed by atoms with E-state index < -0.39 is 77.9 Å². The minimum Gasteiger partial charge on any atom is -0.480 e. The first-order valence-corrected chi connectivity index (χ1v) is 21.5. The van der Waals surface area contributed by atoms with E-state index in [1.165, 1.54) is 51.4 Å². The topological polar surface area (TPSA) is 184 Å². The SMILES string of the molecule is CCCCCCCCCCCCC[C@@H](O)[C@H](C)[C@@H](O)[C@@H](C)C(=O)N[C@H](C(=O)N[C@H](C(=O)N[C@@H](COCc1ccccc1)C(=O)O)[C@H](C)OCc1ccccc1)C(C)C. The molecule has 0 unspecified atom stereocenters. The van der Waals surface area contributed by atoms with Crippen molar-refractivity contribution < 1.29 is 44.0 Å². The van der Waals surface area contributed by atoms with Gasteiger partial charge in [0.1, 0.15) is 12.1 Å². The number of benzene rings is 2.